The molecule has 0 aliphatic rings. The molecule has 0 aliphatic carbocycles. The van der Waals surface area contributed by atoms with E-state index in [-0.39, 0.29) is 22.5 Å². The normalized spacial score (nSPS) is 11.4. The number of halogens is 3. The van der Waals surface area contributed by atoms with Gasteiger partial charge in [0.25, 0.3) is 5.91 Å². The highest BCUT2D eigenvalue weighted by atomic mass is 32.2. The number of hydrogen-bond acceptors (Lipinski definition) is 4. The minimum Gasteiger partial charge on any atom is -0.397 e. The van der Waals surface area contributed by atoms with Crippen LogP contribution in [0.25, 0.3) is 0 Å². The average Bonchev–Trinajstić information content (AvgIpc) is 2.46. The van der Waals surface area contributed by atoms with Gasteiger partial charge in [0.1, 0.15) is 4.90 Å². The number of nitrogens with one attached hydrogen (secondary N) is 1. The van der Waals surface area contributed by atoms with Crippen molar-refractivity contribution in [3.8, 4) is 0 Å². The van der Waals surface area contributed by atoms with Crippen molar-refractivity contribution < 1.29 is 26.4 Å². The molecule has 0 heterocycles. The lowest BCUT2D eigenvalue weighted by atomic mass is 10.1. The van der Waals surface area contributed by atoms with E-state index in [9.17, 15) is 26.4 Å². The number of amides is 1. The van der Waals surface area contributed by atoms with Gasteiger partial charge < -0.3 is 11.1 Å². The molecule has 0 spiro atoms. The van der Waals surface area contributed by atoms with Gasteiger partial charge in [-0.15, -0.1) is 0 Å². The summed E-state index contributed by atoms with van der Waals surface area (Å²) >= 11 is 0. The number of carbonyl (C=O) groups is 1. The van der Waals surface area contributed by atoms with Crippen molar-refractivity contribution >= 4 is 27.3 Å². The summed E-state index contributed by atoms with van der Waals surface area (Å²) in [7, 11) is -4.18. The minimum atomic E-state index is -4.18. The molecule has 1 amide bonds. The smallest absolute Gasteiger partial charge is 0.255 e. The van der Waals surface area contributed by atoms with Crippen molar-refractivity contribution in [2.24, 2.45) is 5.14 Å². The van der Waals surface area contributed by atoms with Crippen molar-refractivity contribution in [3.05, 3.63) is 52.8 Å². The predicted molar refractivity (Wildman–Crippen MR) is 81.2 cm³/mol. The molecule has 24 heavy (non-hydrogen) atoms. The first kappa shape index (κ1) is 17.8. The molecule has 2 aromatic carbocycles. The third-order valence-corrected chi connectivity index (χ3v) is 4.11. The van der Waals surface area contributed by atoms with Crippen LogP contribution in [0.2, 0.25) is 0 Å². The van der Waals surface area contributed by atoms with E-state index in [2.05, 4.69) is 5.32 Å². The Balaban J connectivity index is 2.43. The maximum Gasteiger partial charge on any atom is 0.255 e. The maximum absolute atomic E-state index is 13.2. The van der Waals surface area contributed by atoms with Gasteiger partial charge in [0.15, 0.2) is 17.5 Å². The molecule has 0 unspecified atom stereocenters. The topological polar surface area (TPSA) is 115 Å². The highest BCUT2D eigenvalue weighted by molar-refractivity contribution is 7.89. The minimum absolute atomic E-state index is 0.118. The van der Waals surface area contributed by atoms with Gasteiger partial charge in [-0.3, -0.25) is 4.79 Å². The first-order valence-electron chi connectivity index (χ1n) is 6.39. The van der Waals surface area contributed by atoms with Crippen molar-refractivity contribution in [1.29, 1.82) is 0 Å². The Morgan fingerprint density at radius 3 is 2.12 bits per heavy atom. The summed E-state index contributed by atoms with van der Waals surface area (Å²) in [6.45, 7) is 1.46. The number of nitrogen functional groups attached to an aromatic ring is 1. The summed E-state index contributed by atoms with van der Waals surface area (Å²) in [5, 5.41) is 7.15. The molecular formula is C14H12F3N3O3S. The summed E-state index contributed by atoms with van der Waals surface area (Å²) < 4.78 is 62.2. The molecule has 0 radical (unpaired) electrons. The average molecular weight is 359 g/mol. The molecule has 2 rings (SSSR count). The monoisotopic (exact) mass is 359 g/mol. The molecule has 5 N–H and O–H groups in total. The second kappa shape index (κ2) is 6.13. The van der Waals surface area contributed by atoms with Gasteiger partial charge in [-0.25, -0.2) is 26.7 Å². The van der Waals surface area contributed by atoms with Crippen molar-refractivity contribution in [3.63, 3.8) is 0 Å². The first-order chi connectivity index (χ1) is 11.0. The number of anilines is 2. The molecule has 0 aliphatic heterocycles. The summed E-state index contributed by atoms with van der Waals surface area (Å²) in [4.78, 5) is 11.7. The van der Waals surface area contributed by atoms with E-state index in [4.69, 9.17) is 10.9 Å². The van der Waals surface area contributed by atoms with Crippen LogP contribution in [0.5, 0.6) is 0 Å². The van der Waals surface area contributed by atoms with E-state index in [0.717, 1.165) is 6.07 Å². The molecular weight excluding hydrogens is 347 g/mol. The van der Waals surface area contributed by atoms with Crippen LogP contribution in [0.1, 0.15) is 15.9 Å². The van der Waals surface area contributed by atoms with Gasteiger partial charge in [-0.2, -0.15) is 0 Å². The summed E-state index contributed by atoms with van der Waals surface area (Å²) in [6.07, 6.45) is 0. The third kappa shape index (κ3) is 3.49. The number of nitrogens with two attached hydrogens (primary N) is 2. The van der Waals surface area contributed by atoms with Crippen LogP contribution in [0.4, 0.5) is 24.5 Å². The zero-order valence-electron chi connectivity index (χ0n) is 12.2. The lowest BCUT2D eigenvalue weighted by Crippen LogP contribution is -2.18. The molecule has 2 aromatic rings. The zero-order chi connectivity index (χ0) is 18.2. The fourth-order valence-electron chi connectivity index (χ4n) is 1.96. The van der Waals surface area contributed by atoms with Crippen LogP contribution >= 0.6 is 0 Å². The van der Waals surface area contributed by atoms with E-state index in [0.29, 0.717) is 12.1 Å². The zero-order valence-corrected chi connectivity index (χ0v) is 13.0. The van der Waals surface area contributed by atoms with Crippen molar-refractivity contribution in [2.45, 2.75) is 11.8 Å². The maximum atomic E-state index is 13.2. The number of aryl methyl sites for hydroxylation is 1. The van der Waals surface area contributed by atoms with Crippen LogP contribution in [0.3, 0.4) is 0 Å². The number of benzene rings is 2. The van der Waals surface area contributed by atoms with Crippen LogP contribution in [-0.2, 0) is 10.0 Å². The van der Waals surface area contributed by atoms with Gasteiger partial charge >= 0.3 is 0 Å². The van der Waals surface area contributed by atoms with Crippen LogP contribution in [0, 0.1) is 24.4 Å². The Bertz CT molecular complexity index is 923. The molecule has 10 heteroatoms. The lowest BCUT2D eigenvalue weighted by molar-refractivity contribution is 0.102. The van der Waals surface area contributed by atoms with Crippen molar-refractivity contribution in [1.82, 2.24) is 0 Å². The van der Waals surface area contributed by atoms with Crippen LogP contribution in [-0.4, -0.2) is 14.3 Å². The van der Waals surface area contributed by atoms with Crippen LogP contribution < -0.4 is 16.2 Å². The number of rotatable bonds is 3. The fourth-order valence-corrected chi connectivity index (χ4v) is 2.72. The third-order valence-electron chi connectivity index (χ3n) is 3.16. The van der Waals surface area contributed by atoms with E-state index >= 15 is 0 Å². The van der Waals surface area contributed by atoms with E-state index in [1.165, 1.54) is 13.0 Å². The quantitative estimate of drug-likeness (QED) is 0.573. The molecule has 6 nitrogen and oxygen atoms in total. The largest absolute Gasteiger partial charge is 0.397 e. The second-order valence-corrected chi connectivity index (χ2v) is 6.49. The van der Waals surface area contributed by atoms with Crippen molar-refractivity contribution in [2.75, 3.05) is 11.1 Å². The van der Waals surface area contributed by atoms with Gasteiger partial charge in [0, 0.05) is 23.4 Å². The van der Waals surface area contributed by atoms with Gasteiger partial charge in [0.2, 0.25) is 10.0 Å². The second-order valence-electron chi connectivity index (χ2n) is 4.96. The molecule has 0 aromatic heterocycles. The Morgan fingerprint density at radius 1 is 1.08 bits per heavy atom. The Labute approximate surface area is 135 Å². The predicted octanol–water partition coefficient (Wildman–Crippen LogP) is 1.89. The molecule has 0 bridgehead atoms. The van der Waals surface area contributed by atoms with E-state index < -0.39 is 38.3 Å². The lowest BCUT2D eigenvalue weighted by Gasteiger charge is -2.11. The number of sulfonamides is 1. The van der Waals surface area contributed by atoms with E-state index in [1.807, 2.05) is 0 Å². The molecule has 128 valence electrons. The Morgan fingerprint density at radius 2 is 1.62 bits per heavy atom. The highest BCUT2D eigenvalue weighted by Crippen LogP contribution is 2.24. The number of hydrogen-bond donors (Lipinski definition) is 3. The molecule has 0 fully saturated rings. The summed E-state index contributed by atoms with van der Waals surface area (Å²) in [5.41, 5.74) is 5.26. The van der Waals surface area contributed by atoms with Gasteiger partial charge in [-0.05, 0) is 24.6 Å². The Kier molecular flexibility index (Phi) is 4.54. The molecule has 0 atom stereocenters. The summed E-state index contributed by atoms with van der Waals surface area (Å²) in [5.74, 6) is -5.52. The first-order valence-corrected chi connectivity index (χ1v) is 7.94. The molecule has 0 saturated heterocycles. The summed E-state index contributed by atoms with van der Waals surface area (Å²) in [6, 6.07) is 3.38. The molecule has 0 saturated carbocycles. The fraction of sp³-hybridized carbons (Fsp3) is 0.0714. The Hall–Kier alpha value is -2.59. The standard InChI is InChI=1S/C14H12F3N3O3S/c1-6-2-7(3-11(13(6)18)24(19,22)23)14(21)20-8-4-9(15)12(17)10(16)5-8/h2-5H,18H2,1H3,(H,20,21)(H2,19,22,23). The van der Waals surface area contributed by atoms with Crippen LogP contribution in [0.15, 0.2) is 29.2 Å². The SMILES string of the molecule is Cc1cc(C(=O)Nc2cc(F)c(F)c(F)c2)cc(S(N)(=O)=O)c1N. The number of primary sulfonamides is 1. The highest BCUT2D eigenvalue weighted by Gasteiger charge is 2.19. The van der Waals surface area contributed by atoms with Gasteiger partial charge in [0.05, 0.1) is 5.69 Å². The van der Waals surface area contributed by atoms with Gasteiger partial charge in [-0.1, -0.05) is 0 Å². The van der Waals surface area contributed by atoms with E-state index in [1.54, 1.807) is 0 Å². The number of carbonyl (C=O) groups excluding carboxylic acids is 1.